The summed E-state index contributed by atoms with van der Waals surface area (Å²) in [5.41, 5.74) is -0.276. The van der Waals surface area contributed by atoms with Crippen LogP contribution in [-0.4, -0.2) is 106 Å². The number of hydrogen-bond donors (Lipinski definition) is 8. The van der Waals surface area contributed by atoms with Gasteiger partial charge in [-0.1, -0.05) is 12.8 Å². The monoisotopic (exact) mass is 813 g/mol. The lowest BCUT2D eigenvalue weighted by molar-refractivity contribution is -0.365. The van der Waals surface area contributed by atoms with Gasteiger partial charge >= 0.3 is 0 Å². The Bertz CT molecular complexity index is 2530. The van der Waals surface area contributed by atoms with Gasteiger partial charge in [0.1, 0.15) is 53.7 Å². The van der Waals surface area contributed by atoms with E-state index in [0.717, 1.165) is 42.1 Å². The summed E-state index contributed by atoms with van der Waals surface area (Å²) in [6, 6.07) is 8.67. The molecule has 9 rings (SSSR count). The minimum absolute atomic E-state index is 0.0689. The molecule has 1 saturated heterocycles. The molecule has 5 aromatic heterocycles. The number of hydrogen-bond acceptors (Lipinski definition) is 11. The maximum absolute atomic E-state index is 13.5. The maximum atomic E-state index is 13.5. The predicted molar refractivity (Wildman–Crippen MR) is 215 cm³/mol. The normalized spacial score (nSPS) is 24.1. The zero-order valence-electron chi connectivity index (χ0n) is 33.0. The standard InChI is InChI=1S/C43H51N5O11/c1-24-15-32(50)28-16-26-17-35(59-56-22-34(52)43(55,39(53)33(51)21-49)23-47-14-8-29-31(47)7-13-44-29)41(2,11-5-27-18-46-40(54)42(27)9-3-4-10-42)58-37(26)36(38(28)57-24)48-19-25-6-12-45-30(25)20-48/h6-8,12-16,19-20,27,33-35,39,44-45,49,51-53,55H,3-5,9-11,17-18,21-23H2,1-2H3,(H,46,54). The summed E-state index contributed by atoms with van der Waals surface area (Å²) >= 11 is 0. The highest BCUT2D eigenvalue weighted by Crippen LogP contribution is 2.51. The lowest BCUT2D eigenvalue weighted by Crippen LogP contribution is -2.61. The van der Waals surface area contributed by atoms with Crippen molar-refractivity contribution in [1.29, 1.82) is 0 Å². The Morgan fingerprint density at radius 2 is 1.83 bits per heavy atom. The molecule has 314 valence electrons. The lowest BCUT2D eigenvalue weighted by atomic mass is 9.72. The first kappa shape index (κ1) is 39.5. The molecule has 16 nitrogen and oxygen atoms in total. The number of aliphatic hydroxyl groups is 5. The van der Waals surface area contributed by atoms with E-state index >= 15 is 0 Å². The minimum Gasteiger partial charge on any atom is -0.482 e. The number of fused-ring (bicyclic) bond motifs is 4. The van der Waals surface area contributed by atoms with Gasteiger partial charge < -0.3 is 59.1 Å². The number of nitrogens with one attached hydrogen (secondary N) is 3. The summed E-state index contributed by atoms with van der Waals surface area (Å²) in [5.74, 6) is 1.12. The molecular weight excluding hydrogens is 762 g/mol. The van der Waals surface area contributed by atoms with Crippen molar-refractivity contribution in [2.75, 3.05) is 19.8 Å². The van der Waals surface area contributed by atoms with Crippen molar-refractivity contribution < 1.29 is 49.3 Å². The molecule has 1 amide bonds. The van der Waals surface area contributed by atoms with Crippen molar-refractivity contribution in [2.24, 2.45) is 11.3 Å². The van der Waals surface area contributed by atoms with Gasteiger partial charge in [-0.2, -0.15) is 0 Å². The Labute approximate surface area is 338 Å². The van der Waals surface area contributed by atoms with Crippen molar-refractivity contribution in [1.82, 2.24) is 24.4 Å². The zero-order valence-corrected chi connectivity index (χ0v) is 33.0. The molecule has 1 aromatic carbocycles. The average Bonchev–Trinajstić information content (AvgIpc) is 4.07. The van der Waals surface area contributed by atoms with Gasteiger partial charge in [0.25, 0.3) is 0 Å². The molecule has 7 heterocycles. The van der Waals surface area contributed by atoms with E-state index in [0.29, 0.717) is 58.6 Å². The maximum Gasteiger partial charge on any atom is 0.226 e. The summed E-state index contributed by atoms with van der Waals surface area (Å²) < 4.78 is 16.9. The Hall–Kier alpha value is -4.94. The van der Waals surface area contributed by atoms with Gasteiger partial charge in [-0.25, -0.2) is 9.78 Å². The second-order valence-electron chi connectivity index (χ2n) is 17.0. The molecule has 1 saturated carbocycles. The molecule has 2 fully saturated rings. The quantitative estimate of drug-likeness (QED) is 0.0588. The number of ether oxygens (including phenoxy) is 1. The summed E-state index contributed by atoms with van der Waals surface area (Å²) in [4.78, 5) is 45.0. The van der Waals surface area contributed by atoms with Crippen LogP contribution in [0.15, 0.2) is 70.5 Å². The summed E-state index contributed by atoms with van der Waals surface area (Å²) in [6.07, 6.45) is 7.59. The van der Waals surface area contributed by atoms with Crippen LogP contribution in [0, 0.1) is 18.3 Å². The van der Waals surface area contributed by atoms with Crippen LogP contribution in [0.1, 0.15) is 56.8 Å². The van der Waals surface area contributed by atoms with Gasteiger partial charge in [-0.15, -0.1) is 0 Å². The molecule has 59 heavy (non-hydrogen) atoms. The third-order valence-corrected chi connectivity index (χ3v) is 13.4. The number of carbonyl (C=O) groups excluding carboxylic acids is 1. The molecule has 2 aliphatic heterocycles. The van der Waals surface area contributed by atoms with E-state index in [1.54, 1.807) is 42.1 Å². The number of carbonyl (C=O) groups is 1. The number of aromatic amines is 2. The van der Waals surface area contributed by atoms with Crippen LogP contribution in [0.5, 0.6) is 5.75 Å². The molecule has 1 spiro atoms. The number of aliphatic hydroxyl groups excluding tert-OH is 4. The van der Waals surface area contributed by atoms with E-state index < -0.39 is 54.2 Å². The third kappa shape index (κ3) is 6.67. The molecule has 6 aromatic rings. The second-order valence-corrected chi connectivity index (χ2v) is 17.0. The second kappa shape index (κ2) is 15.0. The van der Waals surface area contributed by atoms with Crippen molar-refractivity contribution >= 4 is 38.8 Å². The van der Waals surface area contributed by atoms with E-state index in [1.807, 2.05) is 36.1 Å². The highest BCUT2D eigenvalue weighted by Gasteiger charge is 2.53. The zero-order chi connectivity index (χ0) is 41.3. The molecule has 8 N–H and O–H groups in total. The predicted octanol–water partition coefficient (Wildman–Crippen LogP) is 3.26. The number of aromatic nitrogens is 4. The SMILES string of the molecule is Cc1cc(=O)c2cc3c(c(-n4cc5cc[nH]c5c4)c2o1)OC(C)(CCC1CNC(=O)C12CCCC2)C(OOCC(O)C(O)(Cn1ccc2[nH]ccc21)C(O)C(O)CO)C3. The Morgan fingerprint density at radius 1 is 1.05 bits per heavy atom. The van der Waals surface area contributed by atoms with Gasteiger partial charge in [0.15, 0.2) is 16.8 Å². The van der Waals surface area contributed by atoms with Crippen LogP contribution in [0.3, 0.4) is 0 Å². The largest absolute Gasteiger partial charge is 0.482 e. The van der Waals surface area contributed by atoms with Gasteiger partial charge in [0.05, 0.1) is 40.5 Å². The Morgan fingerprint density at radius 3 is 2.61 bits per heavy atom. The fraction of sp³-hybridized carbons (Fsp3) is 0.488. The molecule has 0 radical (unpaired) electrons. The highest BCUT2D eigenvalue weighted by molar-refractivity contribution is 5.91. The number of nitrogens with zero attached hydrogens (tertiary/aromatic N) is 2. The van der Waals surface area contributed by atoms with Crippen molar-refractivity contribution in [3.05, 3.63) is 82.9 Å². The molecule has 1 aliphatic carbocycles. The van der Waals surface area contributed by atoms with Gasteiger partial charge in [-0.05, 0) is 69.7 Å². The number of aryl methyl sites for hydroxylation is 1. The summed E-state index contributed by atoms with van der Waals surface area (Å²) in [5, 5.41) is 59.1. The van der Waals surface area contributed by atoms with Crippen LogP contribution in [0.25, 0.3) is 38.6 Å². The molecule has 16 heteroatoms. The summed E-state index contributed by atoms with van der Waals surface area (Å²) in [7, 11) is 0. The van der Waals surface area contributed by atoms with E-state index in [9.17, 15) is 35.1 Å². The molecular formula is C43H51N5O11. The molecule has 7 atom stereocenters. The van der Waals surface area contributed by atoms with Crippen LogP contribution in [-0.2, 0) is 27.5 Å². The van der Waals surface area contributed by atoms with Crippen LogP contribution < -0.4 is 15.5 Å². The Balaban J connectivity index is 1.05. The van der Waals surface area contributed by atoms with Gasteiger partial charge in [0.2, 0.25) is 5.91 Å². The fourth-order valence-electron chi connectivity index (χ4n) is 9.89. The minimum atomic E-state index is -2.41. The summed E-state index contributed by atoms with van der Waals surface area (Å²) in [6.45, 7) is 2.33. The Kier molecular flexibility index (Phi) is 10.0. The van der Waals surface area contributed by atoms with Crippen molar-refractivity contribution in [3.8, 4) is 11.4 Å². The number of benzene rings is 1. The number of H-pyrrole nitrogens is 2. The smallest absolute Gasteiger partial charge is 0.226 e. The molecule has 7 unspecified atom stereocenters. The van der Waals surface area contributed by atoms with Gasteiger partial charge in [-0.3, -0.25) is 9.59 Å². The first-order chi connectivity index (χ1) is 28.3. The van der Waals surface area contributed by atoms with E-state index in [4.69, 9.17) is 18.9 Å². The van der Waals surface area contributed by atoms with E-state index in [2.05, 4.69) is 15.3 Å². The third-order valence-electron chi connectivity index (χ3n) is 13.4. The van der Waals surface area contributed by atoms with Crippen LogP contribution >= 0.6 is 0 Å². The van der Waals surface area contributed by atoms with Gasteiger partial charge in [0, 0.05) is 61.0 Å². The van der Waals surface area contributed by atoms with Crippen LogP contribution in [0.4, 0.5) is 0 Å². The molecule has 3 aliphatic rings. The van der Waals surface area contributed by atoms with Crippen molar-refractivity contribution in [3.63, 3.8) is 0 Å². The number of rotatable bonds is 14. The lowest BCUT2D eigenvalue weighted by Gasteiger charge is -2.43. The highest BCUT2D eigenvalue weighted by atomic mass is 17.2. The first-order valence-corrected chi connectivity index (χ1v) is 20.3. The van der Waals surface area contributed by atoms with E-state index in [-0.39, 0.29) is 30.2 Å². The average molecular weight is 814 g/mol. The topological polar surface area (TPSA) is 230 Å². The number of amides is 1. The first-order valence-electron chi connectivity index (χ1n) is 20.3. The van der Waals surface area contributed by atoms with Crippen LogP contribution in [0.2, 0.25) is 0 Å². The molecule has 0 bridgehead atoms. The fourth-order valence-corrected chi connectivity index (χ4v) is 9.89. The van der Waals surface area contributed by atoms with E-state index in [1.165, 1.54) is 6.07 Å². The van der Waals surface area contributed by atoms with Crippen molar-refractivity contribution in [2.45, 2.75) is 101 Å².